The molecule has 0 unspecified atom stereocenters. The molecule has 6 nitrogen and oxygen atoms in total. The van der Waals surface area contributed by atoms with Crippen LogP contribution in [0, 0.1) is 5.92 Å². The third kappa shape index (κ3) is 6.48. The fraction of sp³-hybridized carbons (Fsp3) is 0.368. The number of benzene rings is 1. The Morgan fingerprint density at radius 3 is 2.62 bits per heavy atom. The van der Waals surface area contributed by atoms with Crippen LogP contribution in [0.4, 0.5) is 5.69 Å². The second-order valence-corrected chi connectivity index (χ2v) is 7.15. The van der Waals surface area contributed by atoms with Crippen LogP contribution in [-0.4, -0.2) is 30.4 Å². The molecular formula is C19H24N2O4S. The van der Waals surface area contributed by atoms with Crippen molar-refractivity contribution < 1.29 is 14.3 Å². The minimum Gasteiger partial charge on any atom is -0.497 e. The van der Waals surface area contributed by atoms with E-state index in [0.717, 1.165) is 17.1 Å². The van der Waals surface area contributed by atoms with Gasteiger partial charge in [-0.3, -0.25) is 9.59 Å². The molecule has 1 aromatic carbocycles. The third-order valence-electron chi connectivity index (χ3n) is 3.37. The first kappa shape index (κ1) is 19.9. The van der Waals surface area contributed by atoms with Crippen molar-refractivity contribution in [3.05, 3.63) is 52.4 Å². The number of aromatic amines is 1. The van der Waals surface area contributed by atoms with Gasteiger partial charge in [0, 0.05) is 29.4 Å². The molecule has 2 rings (SSSR count). The highest BCUT2D eigenvalue weighted by Gasteiger charge is 2.06. The van der Waals surface area contributed by atoms with Gasteiger partial charge in [-0.2, -0.15) is 0 Å². The maximum Gasteiger partial charge on any atom is 0.234 e. The molecule has 0 spiro atoms. The summed E-state index contributed by atoms with van der Waals surface area (Å²) in [6, 6.07) is 8.67. The molecule has 0 atom stereocenters. The smallest absolute Gasteiger partial charge is 0.234 e. The monoisotopic (exact) mass is 376 g/mol. The molecular weight excluding hydrogens is 352 g/mol. The Balaban J connectivity index is 1.78. The largest absolute Gasteiger partial charge is 0.497 e. The number of H-pyrrole nitrogens is 1. The summed E-state index contributed by atoms with van der Waals surface area (Å²) in [5, 5.41) is 2.82. The number of amides is 1. The van der Waals surface area contributed by atoms with Crippen LogP contribution >= 0.6 is 11.8 Å². The SMILES string of the molecule is COc1ccc(NC(=O)CSCc2cc(=O)c(OCC(C)C)c[nH]2)cc1. The van der Waals surface area contributed by atoms with E-state index in [2.05, 4.69) is 10.3 Å². The van der Waals surface area contributed by atoms with Gasteiger partial charge < -0.3 is 19.8 Å². The van der Waals surface area contributed by atoms with Crippen LogP contribution in [0.3, 0.4) is 0 Å². The number of pyridine rings is 1. The van der Waals surface area contributed by atoms with E-state index in [-0.39, 0.29) is 11.3 Å². The molecule has 140 valence electrons. The number of aromatic nitrogens is 1. The highest BCUT2D eigenvalue weighted by molar-refractivity contribution is 7.99. The van der Waals surface area contributed by atoms with Crippen molar-refractivity contribution in [1.82, 2.24) is 4.98 Å². The van der Waals surface area contributed by atoms with Crippen LogP contribution in [0.2, 0.25) is 0 Å². The van der Waals surface area contributed by atoms with Gasteiger partial charge in [0.1, 0.15) is 5.75 Å². The van der Waals surface area contributed by atoms with Crippen molar-refractivity contribution in [2.45, 2.75) is 19.6 Å². The minimum atomic E-state index is -0.150. The Kier molecular flexibility index (Phi) is 7.59. The first-order valence-electron chi connectivity index (χ1n) is 8.34. The normalized spacial score (nSPS) is 10.6. The summed E-state index contributed by atoms with van der Waals surface area (Å²) in [7, 11) is 1.59. The summed E-state index contributed by atoms with van der Waals surface area (Å²) in [6.07, 6.45) is 1.58. The molecule has 7 heteroatoms. The van der Waals surface area contributed by atoms with E-state index in [1.54, 1.807) is 37.6 Å². The fourth-order valence-electron chi connectivity index (χ4n) is 2.08. The number of hydrogen-bond donors (Lipinski definition) is 2. The van der Waals surface area contributed by atoms with Crippen LogP contribution in [0.15, 0.2) is 41.3 Å². The number of carbonyl (C=O) groups is 1. The van der Waals surface area contributed by atoms with Crippen molar-refractivity contribution in [1.29, 1.82) is 0 Å². The first-order chi connectivity index (χ1) is 12.5. The Hall–Kier alpha value is -2.41. The molecule has 0 radical (unpaired) electrons. The number of hydrogen-bond acceptors (Lipinski definition) is 5. The van der Waals surface area contributed by atoms with Crippen LogP contribution < -0.4 is 20.2 Å². The maximum atomic E-state index is 12.0. The summed E-state index contributed by atoms with van der Waals surface area (Å²) >= 11 is 1.43. The van der Waals surface area contributed by atoms with Gasteiger partial charge in [-0.1, -0.05) is 13.8 Å². The van der Waals surface area contributed by atoms with Crippen molar-refractivity contribution in [2.24, 2.45) is 5.92 Å². The highest BCUT2D eigenvalue weighted by Crippen LogP contribution is 2.16. The van der Waals surface area contributed by atoms with E-state index in [9.17, 15) is 9.59 Å². The summed E-state index contributed by atoms with van der Waals surface area (Å²) < 4.78 is 10.5. The summed E-state index contributed by atoms with van der Waals surface area (Å²) in [5.41, 5.74) is 1.33. The number of rotatable bonds is 9. The van der Waals surface area contributed by atoms with Crippen LogP contribution in [0.1, 0.15) is 19.5 Å². The number of methoxy groups -OCH3 is 1. The van der Waals surface area contributed by atoms with E-state index in [4.69, 9.17) is 9.47 Å². The van der Waals surface area contributed by atoms with E-state index in [1.807, 2.05) is 13.8 Å². The quantitative estimate of drug-likeness (QED) is 0.702. The zero-order valence-electron chi connectivity index (χ0n) is 15.2. The van der Waals surface area contributed by atoms with Gasteiger partial charge >= 0.3 is 0 Å². The number of carbonyl (C=O) groups excluding carboxylic acids is 1. The topological polar surface area (TPSA) is 80.4 Å². The van der Waals surface area contributed by atoms with Gasteiger partial charge in [-0.15, -0.1) is 11.8 Å². The second-order valence-electron chi connectivity index (χ2n) is 6.16. The van der Waals surface area contributed by atoms with Crippen LogP contribution in [0.5, 0.6) is 11.5 Å². The molecule has 0 aliphatic carbocycles. The molecule has 0 fully saturated rings. The molecule has 0 aliphatic rings. The molecule has 1 aromatic heterocycles. The lowest BCUT2D eigenvalue weighted by atomic mass is 10.2. The van der Waals surface area contributed by atoms with Gasteiger partial charge in [-0.25, -0.2) is 0 Å². The second kappa shape index (κ2) is 9.91. The molecule has 0 saturated heterocycles. The number of ether oxygens (including phenoxy) is 2. The number of thioether (sulfide) groups is 1. The summed E-state index contributed by atoms with van der Waals surface area (Å²) in [6.45, 7) is 4.55. The number of anilines is 1. The van der Waals surface area contributed by atoms with Gasteiger partial charge in [-0.05, 0) is 30.2 Å². The molecule has 0 saturated carbocycles. The van der Waals surface area contributed by atoms with Crippen molar-refractivity contribution in [3.8, 4) is 11.5 Å². The Morgan fingerprint density at radius 1 is 1.27 bits per heavy atom. The molecule has 1 heterocycles. The summed E-state index contributed by atoms with van der Waals surface area (Å²) in [5.74, 6) is 2.15. The van der Waals surface area contributed by atoms with Crippen molar-refractivity contribution in [3.63, 3.8) is 0 Å². The Labute approximate surface area is 157 Å². The fourth-order valence-corrected chi connectivity index (χ4v) is 2.82. The zero-order valence-corrected chi connectivity index (χ0v) is 16.0. The van der Waals surface area contributed by atoms with Crippen molar-refractivity contribution in [2.75, 3.05) is 24.8 Å². The molecule has 2 N–H and O–H groups in total. The lowest BCUT2D eigenvalue weighted by Gasteiger charge is -2.09. The van der Waals surface area contributed by atoms with Crippen molar-refractivity contribution >= 4 is 23.4 Å². The van der Waals surface area contributed by atoms with E-state index < -0.39 is 0 Å². The van der Waals surface area contributed by atoms with Gasteiger partial charge in [0.2, 0.25) is 11.3 Å². The Bertz CT molecular complexity index is 772. The molecule has 0 aliphatic heterocycles. The molecule has 2 aromatic rings. The van der Waals surface area contributed by atoms with Gasteiger partial charge in [0.05, 0.1) is 19.5 Å². The lowest BCUT2D eigenvalue weighted by Crippen LogP contribution is -2.15. The zero-order chi connectivity index (χ0) is 18.9. The molecule has 1 amide bonds. The Morgan fingerprint density at radius 2 is 2.00 bits per heavy atom. The summed E-state index contributed by atoms with van der Waals surface area (Å²) in [4.78, 5) is 27.0. The standard InChI is InChI=1S/C19H24N2O4S/c1-13(2)10-25-18-9-20-15(8-17(18)22)11-26-12-19(23)21-14-4-6-16(24-3)7-5-14/h4-9,13H,10-12H2,1-3H3,(H,20,22)(H,21,23). The van der Waals surface area contributed by atoms with Gasteiger partial charge in [0.25, 0.3) is 0 Å². The maximum absolute atomic E-state index is 12.0. The van der Waals surface area contributed by atoms with E-state index >= 15 is 0 Å². The highest BCUT2D eigenvalue weighted by atomic mass is 32.2. The first-order valence-corrected chi connectivity index (χ1v) is 9.49. The average molecular weight is 376 g/mol. The van der Waals surface area contributed by atoms with Crippen LogP contribution in [-0.2, 0) is 10.5 Å². The van der Waals surface area contributed by atoms with Crippen LogP contribution in [0.25, 0.3) is 0 Å². The minimum absolute atomic E-state index is 0.0978. The predicted octanol–water partition coefficient (Wildman–Crippen LogP) is 3.29. The third-order valence-corrected chi connectivity index (χ3v) is 4.35. The molecule has 26 heavy (non-hydrogen) atoms. The lowest BCUT2D eigenvalue weighted by molar-refractivity contribution is -0.113. The van der Waals surface area contributed by atoms with Gasteiger partial charge in [0.15, 0.2) is 5.75 Å². The van der Waals surface area contributed by atoms with E-state index in [0.29, 0.717) is 29.8 Å². The number of nitrogens with one attached hydrogen (secondary N) is 2. The predicted molar refractivity (Wildman–Crippen MR) is 105 cm³/mol. The average Bonchev–Trinajstić information content (AvgIpc) is 2.61. The molecule has 0 bridgehead atoms. The van der Waals surface area contributed by atoms with E-state index in [1.165, 1.54) is 17.8 Å².